The maximum absolute atomic E-state index is 12.4. The van der Waals surface area contributed by atoms with Gasteiger partial charge in [0.25, 0.3) is 0 Å². The Bertz CT molecular complexity index is 1160. The highest BCUT2D eigenvalue weighted by atomic mass is 32.1. The molecule has 0 aliphatic carbocycles. The van der Waals surface area contributed by atoms with Crippen LogP contribution in [0.1, 0.15) is 16.3 Å². The minimum atomic E-state index is -0.333. The summed E-state index contributed by atoms with van der Waals surface area (Å²) in [6.45, 7) is 1.81. The lowest BCUT2D eigenvalue weighted by molar-refractivity contribution is 0.475. The molecule has 6 nitrogen and oxygen atoms in total. The van der Waals surface area contributed by atoms with E-state index in [-0.39, 0.29) is 17.0 Å². The van der Waals surface area contributed by atoms with Crippen LogP contribution in [0.5, 0.6) is 5.75 Å². The van der Waals surface area contributed by atoms with Gasteiger partial charge in [-0.2, -0.15) is 9.61 Å². The third kappa shape index (κ3) is 2.35. The second kappa shape index (κ2) is 5.54. The summed E-state index contributed by atoms with van der Waals surface area (Å²) in [5, 5.41) is 24.9. The number of hydrogen-bond donors (Lipinski definition) is 1. The number of phenols is 1. The fourth-order valence-electron chi connectivity index (χ4n) is 2.55. The van der Waals surface area contributed by atoms with Crippen molar-refractivity contribution in [3.8, 4) is 5.75 Å². The van der Waals surface area contributed by atoms with E-state index in [9.17, 15) is 9.90 Å². The maximum Gasteiger partial charge on any atom is 0.301 e. The lowest BCUT2D eigenvalue weighted by Crippen LogP contribution is -2.19. The van der Waals surface area contributed by atoms with Crippen molar-refractivity contribution in [3.05, 3.63) is 63.0 Å². The fraction of sp³-hybridized carbons (Fsp3) is 0.0588. The Kier molecular flexibility index (Phi) is 3.35. The van der Waals surface area contributed by atoms with Crippen LogP contribution in [-0.2, 0) is 0 Å². The molecule has 2 aromatic heterocycles. The van der Waals surface area contributed by atoms with Crippen molar-refractivity contribution in [2.75, 3.05) is 0 Å². The monoisotopic (exact) mass is 336 g/mol. The highest BCUT2D eigenvalue weighted by Gasteiger charge is 2.09. The van der Waals surface area contributed by atoms with Crippen molar-refractivity contribution >= 4 is 39.2 Å². The zero-order valence-corrected chi connectivity index (χ0v) is 13.5. The van der Waals surface area contributed by atoms with Gasteiger partial charge in [-0.3, -0.25) is 4.79 Å². The van der Waals surface area contributed by atoms with Gasteiger partial charge in [0, 0.05) is 5.56 Å². The first-order valence-electron chi connectivity index (χ1n) is 7.25. The first kappa shape index (κ1) is 14.5. The van der Waals surface area contributed by atoms with Crippen LogP contribution in [0.4, 0.5) is 0 Å². The van der Waals surface area contributed by atoms with Gasteiger partial charge in [-0.05, 0) is 35.9 Å². The standard InChI is InChI=1S/C17H12N4O2S/c1-10-20-21-16(23)14(18-19-17(21)24-10)8-7-13-12-5-3-2-4-11(12)6-9-15(13)22/h2-9,22H,1H3/b8-7+. The molecule has 7 heteroatoms. The minimum Gasteiger partial charge on any atom is -0.507 e. The first-order chi connectivity index (χ1) is 11.6. The van der Waals surface area contributed by atoms with Gasteiger partial charge in [0.1, 0.15) is 10.8 Å². The molecule has 0 saturated carbocycles. The van der Waals surface area contributed by atoms with Crippen molar-refractivity contribution in [3.63, 3.8) is 0 Å². The van der Waals surface area contributed by atoms with Gasteiger partial charge in [0.2, 0.25) is 4.96 Å². The average Bonchev–Trinajstić information content (AvgIpc) is 2.97. The van der Waals surface area contributed by atoms with Crippen LogP contribution in [0.3, 0.4) is 0 Å². The molecule has 2 heterocycles. The molecule has 4 aromatic rings. The Morgan fingerprint density at radius 1 is 1.12 bits per heavy atom. The van der Waals surface area contributed by atoms with E-state index >= 15 is 0 Å². The number of benzene rings is 2. The summed E-state index contributed by atoms with van der Waals surface area (Å²) >= 11 is 1.31. The average molecular weight is 336 g/mol. The van der Waals surface area contributed by atoms with E-state index in [2.05, 4.69) is 15.3 Å². The highest BCUT2D eigenvalue weighted by Crippen LogP contribution is 2.28. The molecule has 0 saturated heterocycles. The minimum absolute atomic E-state index is 0.142. The van der Waals surface area contributed by atoms with Gasteiger partial charge in [0.05, 0.1) is 0 Å². The summed E-state index contributed by atoms with van der Waals surface area (Å²) in [6.07, 6.45) is 3.23. The van der Waals surface area contributed by atoms with Gasteiger partial charge in [-0.1, -0.05) is 41.7 Å². The van der Waals surface area contributed by atoms with Gasteiger partial charge in [-0.25, -0.2) is 0 Å². The number of aromatic nitrogens is 4. The maximum atomic E-state index is 12.4. The van der Waals surface area contributed by atoms with E-state index in [1.807, 2.05) is 37.3 Å². The van der Waals surface area contributed by atoms with Crippen molar-refractivity contribution in [2.24, 2.45) is 0 Å². The largest absolute Gasteiger partial charge is 0.507 e. The van der Waals surface area contributed by atoms with E-state index in [1.54, 1.807) is 18.2 Å². The Morgan fingerprint density at radius 3 is 2.83 bits per heavy atom. The lowest BCUT2D eigenvalue weighted by atomic mass is 10.0. The number of fused-ring (bicyclic) bond motifs is 2. The van der Waals surface area contributed by atoms with Gasteiger partial charge in [-0.15, -0.1) is 10.2 Å². The number of aromatic hydroxyl groups is 1. The third-order valence-corrected chi connectivity index (χ3v) is 4.49. The van der Waals surface area contributed by atoms with Crippen molar-refractivity contribution in [2.45, 2.75) is 6.92 Å². The summed E-state index contributed by atoms with van der Waals surface area (Å²) in [5.74, 6) is 0.142. The van der Waals surface area contributed by atoms with E-state index in [0.29, 0.717) is 10.5 Å². The zero-order chi connectivity index (χ0) is 16.7. The molecule has 0 unspecified atom stereocenters. The van der Waals surface area contributed by atoms with Crippen molar-refractivity contribution in [1.29, 1.82) is 0 Å². The molecule has 0 bridgehead atoms. The van der Waals surface area contributed by atoms with Gasteiger partial charge < -0.3 is 5.11 Å². The topological polar surface area (TPSA) is 80.4 Å². The second-order valence-electron chi connectivity index (χ2n) is 5.26. The van der Waals surface area contributed by atoms with E-state index in [0.717, 1.165) is 15.8 Å². The quantitative estimate of drug-likeness (QED) is 0.609. The summed E-state index contributed by atoms with van der Waals surface area (Å²) in [6, 6.07) is 11.2. The van der Waals surface area contributed by atoms with Crippen LogP contribution in [0, 0.1) is 6.92 Å². The van der Waals surface area contributed by atoms with E-state index in [1.165, 1.54) is 15.9 Å². The predicted molar refractivity (Wildman–Crippen MR) is 94.2 cm³/mol. The molecule has 1 N–H and O–H groups in total. The molecule has 0 aliphatic rings. The normalized spacial score (nSPS) is 11.7. The summed E-state index contributed by atoms with van der Waals surface area (Å²) in [4.78, 5) is 12.9. The van der Waals surface area contributed by atoms with Crippen LogP contribution in [0.15, 0.2) is 41.2 Å². The summed E-state index contributed by atoms with van der Waals surface area (Å²) in [5.41, 5.74) is 0.472. The van der Waals surface area contributed by atoms with Crippen LogP contribution in [0.25, 0.3) is 27.9 Å². The van der Waals surface area contributed by atoms with Crippen molar-refractivity contribution in [1.82, 2.24) is 19.8 Å². The number of phenolic OH excluding ortho intramolecular Hbond substituents is 1. The lowest BCUT2D eigenvalue weighted by Gasteiger charge is -2.04. The highest BCUT2D eigenvalue weighted by molar-refractivity contribution is 7.16. The number of aryl methyl sites for hydroxylation is 1. The smallest absolute Gasteiger partial charge is 0.301 e. The van der Waals surface area contributed by atoms with E-state index < -0.39 is 0 Å². The van der Waals surface area contributed by atoms with Crippen LogP contribution in [0.2, 0.25) is 0 Å². The Labute approximate surface area is 140 Å². The molecule has 0 atom stereocenters. The first-order valence-corrected chi connectivity index (χ1v) is 8.07. The molecule has 24 heavy (non-hydrogen) atoms. The molecule has 0 amide bonds. The zero-order valence-electron chi connectivity index (χ0n) is 12.7. The van der Waals surface area contributed by atoms with Gasteiger partial charge >= 0.3 is 5.56 Å². The molecule has 0 fully saturated rings. The number of nitrogens with zero attached hydrogens (tertiary/aromatic N) is 4. The third-order valence-electron chi connectivity index (χ3n) is 3.67. The summed E-state index contributed by atoms with van der Waals surface area (Å²) in [7, 11) is 0. The molecule has 0 radical (unpaired) electrons. The summed E-state index contributed by atoms with van der Waals surface area (Å²) < 4.78 is 1.25. The number of rotatable bonds is 2. The molecule has 4 rings (SSSR count). The number of hydrogen-bond acceptors (Lipinski definition) is 6. The Hall–Kier alpha value is -3.06. The van der Waals surface area contributed by atoms with E-state index in [4.69, 9.17) is 0 Å². The molecule has 2 aromatic carbocycles. The molecular formula is C17H12N4O2S. The molecular weight excluding hydrogens is 324 g/mol. The SMILES string of the molecule is Cc1nn2c(=O)c(/C=C/c3c(O)ccc4ccccc34)nnc2s1. The second-order valence-corrected chi connectivity index (χ2v) is 6.42. The van der Waals surface area contributed by atoms with Crippen LogP contribution < -0.4 is 5.56 Å². The van der Waals surface area contributed by atoms with Crippen molar-refractivity contribution < 1.29 is 5.11 Å². The molecule has 118 valence electrons. The van der Waals surface area contributed by atoms with Crippen LogP contribution >= 0.6 is 11.3 Å². The predicted octanol–water partition coefficient (Wildman–Crippen LogP) is 2.88. The Morgan fingerprint density at radius 2 is 1.96 bits per heavy atom. The fourth-order valence-corrected chi connectivity index (χ4v) is 3.23. The molecule has 0 spiro atoms. The van der Waals surface area contributed by atoms with Crippen LogP contribution in [-0.4, -0.2) is 24.9 Å². The Balaban J connectivity index is 1.85. The van der Waals surface area contributed by atoms with Gasteiger partial charge in [0.15, 0.2) is 5.69 Å². The molecule has 0 aliphatic heterocycles.